The maximum absolute atomic E-state index is 11.8. The predicted molar refractivity (Wildman–Crippen MR) is 84.8 cm³/mol. The fourth-order valence-electron chi connectivity index (χ4n) is 2.24. The Bertz CT molecular complexity index is 407. The molecule has 1 atom stereocenters. The first-order chi connectivity index (χ1) is 9.29. The number of amides is 1. The first kappa shape index (κ1) is 16.7. The molecule has 0 aliphatic rings. The average molecular weight is 276 g/mol. The van der Waals surface area contributed by atoms with E-state index >= 15 is 0 Å². The van der Waals surface area contributed by atoms with E-state index in [2.05, 4.69) is 48.7 Å². The van der Waals surface area contributed by atoms with Gasteiger partial charge in [0.25, 0.3) is 0 Å². The molecule has 0 spiro atoms. The minimum Gasteiger partial charge on any atom is -0.350 e. The van der Waals surface area contributed by atoms with Crippen LogP contribution in [0.3, 0.4) is 0 Å². The minimum absolute atomic E-state index is 0.0491. The molecule has 1 aromatic rings. The van der Waals surface area contributed by atoms with E-state index in [0.29, 0.717) is 18.4 Å². The molecule has 0 aliphatic heterocycles. The molecule has 2 N–H and O–H groups in total. The number of carbonyl (C=O) groups excluding carboxylic acids is 1. The molecule has 20 heavy (non-hydrogen) atoms. The van der Waals surface area contributed by atoms with Gasteiger partial charge >= 0.3 is 0 Å². The smallest absolute Gasteiger partial charge is 0.234 e. The van der Waals surface area contributed by atoms with E-state index in [9.17, 15) is 4.79 Å². The SMILES string of the molecule is CC(C)C(CNCC(=O)NC(C)(C)C)c1ccccc1. The lowest BCUT2D eigenvalue weighted by Gasteiger charge is -2.23. The summed E-state index contributed by atoms with van der Waals surface area (Å²) in [5, 5.41) is 6.24. The second-order valence-electron chi connectivity index (χ2n) is 6.69. The molecule has 112 valence electrons. The molecule has 3 nitrogen and oxygen atoms in total. The molecule has 0 fully saturated rings. The number of nitrogens with one attached hydrogen (secondary N) is 2. The van der Waals surface area contributed by atoms with Gasteiger partial charge in [0.15, 0.2) is 0 Å². The molecule has 0 saturated carbocycles. The lowest BCUT2D eigenvalue weighted by molar-refractivity contribution is -0.121. The second kappa shape index (κ2) is 7.44. The molecule has 3 heteroatoms. The largest absolute Gasteiger partial charge is 0.350 e. The van der Waals surface area contributed by atoms with E-state index in [1.165, 1.54) is 5.56 Å². The molecule has 1 unspecified atom stereocenters. The number of benzene rings is 1. The Morgan fingerprint density at radius 3 is 2.25 bits per heavy atom. The average Bonchev–Trinajstić information content (AvgIpc) is 2.33. The van der Waals surface area contributed by atoms with Crippen LogP contribution in [0.2, 0.25) is 0 Å². The normalized spacial score (nSPS) is 13.3. The molecular weight excluding hydrogens is 248 g/mol. The third-order valence-corrected chi connectivity index (χ3v) is 3.20. The molecule has 0 heterocycles. The van der Waals surface area contributed by atoms with Gasteiger partial charge < -0.3 is 10.6 Å². The van der Waals surface area contributed by atoms with Crippen LogP contribution in [0.15, 0.2) is 30.3 Å². The van der Waals surface area contributed by atoms with Crippen molar-refractivity contribution < 1.29 is 4.79 Å². The van der Waals surface area contributed by atoms with Crippen molar-refractivity contribution in [2.24, 2.45) is 5.92 Å². The monoisotopic (exact) mass is 276 g/mol. The van der Waals surface area contributed by atoms with Crippen LogP contribution in [0.25, 0.3) is 0 Å². The van der Waals surface area contributed by atoms with E-state index in [-0.39, 0.29) is 11.4 Å². The van der Waals surface area contributed by atoms with Crippen molar-refractivity contribution in [3.63, 3.8) is 0 Å². The quantitative estimate of drug-likeness (QED) is 0.839. The molecule has 0 bridgehead atoms. The number of hydrogen-bond donors (Lipinski definition) is 2. The van der Waals surface area contributed by atoms with E-state index in [4.69, 9.17) is 0 Å². The molecule has 0 radical (unpaired) electrons. The highest BCUT2D eigenvalue weighted by Crippen LogP contribution is 2.23. The van der Waals surface area contributed by atoms with Gasteiger partial charge in [0.2, 0.25) is 5.91 Å². The Morgan fingerprint density at radius 1 is 1.15 bits per heavy atom. The second-order valence-corrected chi connectivity index (χ2v) is 6.69. The molecule has 0 aliphatic carbocycles. The summed E-state index contributed by atoms with van der Waals surface area (Å²) in [5.74, 6) is 1.02. The Hall–Kier alpha value is -1.35. The topological polar surface area (TPSA) is 41.1 Å². The van der Waals surface area contributed by atoms with Gasteiger partial charge in [-0.15, -0.1) is 0 Å². The van der Waals surface area contributed by atoms with Crippen molar-refractivity contribution in [1.29, 1.82) is 0 Å². The highest BCUT2D eigenvalue weighted by molar-refractivity contribution is 5.78. The summed E-state index contributed by atoms with van der Waals surface area (Å²) in [7, 11) is 0. The zero-order chi connectivity index (χ0) is 15.2. The lowest BCUT2D eigenvalue weighted by Crippen LogP contribution is -2.45. The summed E-state index contributed by atoms with van der Waals surface area (Å²) in [6, 6.07) is 10.5. The molecular formula is C17H28N2O. The third-order valence-electron chi connectivity index (χ3n) is 3.20. The first-order valence-electron chi connectivity index (χ1n) is 7.36. The van der Waals surface area contributed by atoms with Crippen LogP contribution in [0.4, 0.5) is 0 Å². The summed E-state index contributed by atoms with van der Waals surface area (Å²) in [4.78, 5) is 11.8. The van der Waals surface area contributed by atoms with Gasteiger partial charge in [0.05, 0.1) is 6.54 Å². The van der Waals surface area contributed by atoms with Gasteiger partial charge in [0, 0.05) is 12.1 Å². The van der Waals surface area contributed by atoms with Crippen LogP contribution in [0.1, 0.15) is 46.1 Å². The minimum atomic E-state index is -0.171. The summed E-state index contributed by atoms with van der Waals surface area (Å²) < 4.78 is 0. The van der Waals surface area contributed by atoms with Crippen molar-refractivity contribution in [3.05, 3.63) is 35.9 Å². The maximum Gasteiger partial charge on any atom is 0.234 e. The molecule has 0 saturated heterocycles. The van der Waals surface area contributed by atoms with Crippen LogP contribution in [-0.2, 0) is 4.79 Å². The predicted octanol–water partition coefficient (Wildman–Crippen LogP) is 2.93. The molecule has 0 aromatic heterocycles. The Morgan fingerprint density at radius 2 is 1.75 bits per heavy atom. The number of rotatable bonds is 6. The van der Waals surface area contributed by atoms with Crippen molar-refractivity contribution in [3.8, 4) is 0 Å². The van der Waals surface area contributed by atoms with Crippen LogP contribution >= 0.6 is 0 Å². The molecule has 1 rings (SSSR count). The Labute approximate surface area is 123 Å². The van der Waals surface area contributed by atoms with Crippen molar-refractivity contribution in [2.75, 3.05) is 13.1 Å². The highest BCUT2D eigenvalue weighted by Gasteiger charge is 2.17. The Kier molecular flexibility index (Phi) is 6.21. The van der Waals surface area contributed by atoms with Crippen LogP contribution in [0.5, 0.6) is 0 Å². The van der Waals surface area contributed by atoms with E-state index in [1.807, 2.05) is 26.8 Å². The highest BCUT2D eigenvalue weighted by atomic mass is 16.2. The molecule has 1 amide bonds. The number of hydrogen-bond acceptors (Lipinski definition) is 2. The van der Waals surface area contributed by atoms with Gasteiger partial charge in [-0.3, -0.25) is 4.79 Å². The first-order valence-corrected chi connectivity index (χ1v) is 7.36. The Balaban J connectivity index is 2.47. The van der Waals surface area contributed by atoms with Gasteiger partial charge in [-0.05, 0) is 38.2 Å². The summed E-state index contributed by atoms with van der Waals surface area (Å²) in [6.07, 6.45) is 0. The summed E-state index contributed by atoms with van der Waals surface area (Å²) >= 11 is 0. The third kappa shape index (κ3) is 6.20. The van der Waals surface area contributed by atoms with Crippen molar-refractivity contribution in [2.45, 2.75) is 46.1 Å². The fourth-order valence-corrected chi connectivity index (χ4v) is 2.24. The van der Waals surface area contributed by atoms with Gasteiger partial charge in [-0.2, -0.15) is 0 Å². The fraction of sp³-hybridized carbons (Fsp3) is 0.588. The zero-order valence-electron chi connectivity index (χ0n) is 13.4. The van der Waals surface area contributed by atoms with Gasteiger partial charge in [0.1, 0.15) is 0 Å². The van der Waals surface area contributed by atoms with E-state index in [0.717, 1.165) is 6.54 Å². The van der Waals surface area contributed by atoms with Crippen LogP contribution < -0.4 is 10.6 Å². The van der Waals surface area contributed by atoms with E-state index in [1.54, 1.807) is 0 Å². The summed E-state index contributed by atoms with van der Waals surface area (Å²) in [5.41, 5.74) is 1.15. The van der Waals surface area contributed by atoms with Crippen LogP contribution in [0, 0.1) is 5.92 Å². The number of carbonyl (C=O) groups is 1. The molecule has 1 aromatic carbocycles. The standard InChI is InChI=1S/C17H28N2O/c1-13(2)15(14-9-7-6-8-10-14)11-18-12-16(20)19-17(3,4)5/h6-10,13,15,18H,11-12H2,1-5H3,(H,19,20). The van der Waals surface area contributed by atoms with E-state index < -0.39 is 0 Å². The van der Waals surface area contributed by atoms with Gasteiger partial charge in [-0.25, -0.2) is 0 Å². The van der Waals surface area contributed by atoms with Crippen molar-refractivity contribution >= 4 is 5.91 Å². The summed E-state index contributed by atoms with van der Waals surface area (Å²) in [6.45, 7) is 11.6. The van der Waals surface area contributed by atoms with Crippen LogP contribution in [-0.4, -0.2) is 24.5 Å². The maximum atomic E-state index is 11.8. The van der Waals surface area contributed by atoms with Gasteiger partial charge in [-0.1, -0.05) is 44.2 Å². The lowest BCUT2D eigenvalue weighted by atomic mass is 9.88. The zero-order valence-corrected chi connectivity index (χ0v) is 13.4. The van der Waals surface area contributed by atoms with Crippen molar-refractivity contribution in [1.82, 2.24) is 10.6 Å².